The van der Waals surface area contributed by atoms with Gasteiger partial charge in [0.05, 0.1) is 5.56 Å². The van der Waals surface area contributed by atoms with Gasteiger partial charge in [-0.15, -0.1) is 0 Å². The lowest BCUT2D eigenvalue weighted by molar-refractivity contribution is -0.137. The Kier molecular flexibility index (Phi) is 10.2. The fourth-order valence-corrected chi connectivity index (χ4v) is 5.69. The summed E-state index contributed by atoms with van der Waals surface area (Å²) in [5, 5.41) is 18.6. The van der Waals surface area contributed by atoms with E-state index in [2.05, 4.69) is 56.0 Å². The number of carboxylic acid groups (broad SMARTS) is 2. The number of nitrogens with zero attached hydrogens (tertiary/aromatic N) is 1. The molecular formula is C35H43NO5. The molecule has 0 heterocycles. The van der Waals surface area contributed by atoms with Crippen LogP contribution in [0.4, 0.5) is 0 Å². The molecule has 218 valence electrons. The maximum absolute atomic E-state index is 11.6. The summed E-state index contributed by atoms with van der Waals surface area (Å²) in [4.78, 5) is 25.1. The zero-order valence-corrected chi connectivity index (χ0v) is 24.6. The predicted octanol–water partition coefficient (Wildman–Crippen LogP) is 7.44. The number of hydrogen-bond acceptors (Lipinski definition) is 4. The molecular weight excluding hydrogens is 514 g/mol. The van der Waals surface area contributed by atoms with E-state index in [0.29, 0.717) is 18.6 Å². The first-order valence-corrected chi connectivity index (χ1v) is 14.7. The van der Waals surface area contributed by atoms with Gasteiger partial charge in [-0.2, -0.15) is 0 Å². The molecule has 1 unspecified atom stereocenters. The van der Waals surface area contributed by atoms with Crippen LogP contribution >= 0.6 is 0 Å². The minimum atomic E-state index is -0.901. The Hall–Kier alpha value is -3.64. The number of unbranched alkanes of at least 4 members (excludes halogenated alkanes) is 1. The molecule has 3 aromatic rings. The highest BCUT2D eigenvalue weighted by Gasteiger charge is 2.27. The van der Waals surface area contributed by atoms with Crippen molar-refractivity contribution in [3.63, 3.8) is 0 Å². The summed E-state index contributed by atoms with van der Waals surface area (Å²) in [7, 11) is 0. The lowest BCUT2D eigenvalue weighted by atomic mass is 9.85. The first-order chi connectivity index (χ1) is 19.6. The molecule has 1 aliphatic carbocycles. The normalized spacial score (nSPS) is 15.0. The van der Waals surface area contributed by atoms with E-state index in [9.17, 15) is 14.7 Å². The van der Waals surface area contributed by atoms with Crippen molar-refractivity contribution in [1.29, 1.82) is 0 Å². The van der Waals surface area contributed by atoms with Crippen molar-refractivity contribution in [1.82, 2.24) is 4.90 Å². The summed E-state index contributed by atoms with van der Waals surface area (Å²) in [6, 6.07) is 22.5. The number of aryl methyl sites for hydroxylation is 1. The van der Waals surface area contributed by atoms with Crippen molar-refractivity contribution in [2.45, 2.75) is 83.8 Å². The summed E-state index contributed by atoms with van der Waals surface area (Å²) in [6.45, 7) is 8.73. The summed E-state index contributed by atoms with van der Waals surface area (Å²) in [5.74, 6) is -0.782. The van der Waals surface area contributed by atoms with E-state index >= 15 is 0 Å². The highest BCUT2D eigenvalue weighted by atomic mass is 16.5. The van der Waals surface area contributed by atoms with Gasteiger partial charge in [-0.25, -0.2) is 4.79 Å². The molecule has 1 aliphatic rings. The van der Waals surface area contributed by atoms with Gasteiger partial charge in [0.25, 0.3) is 0 Å². The van der Waals surface area contributed by atoms with Gasteiger partial charge in [0.2, 0.25) is 0 Å². The van der Waals surface area contributed by atoms with Gasteiger partial charge >= 0.3 is 11.9 Å². The van der Waals surface area contributed by atoms with E-state index in [1.807, 2.05) is 30.3 Å². The van der Waals surface area contributed by atoms with Gasteiger partial charge < -0.3 is 14.9 Å². The highest BCUT2D eigenvalue weighted by molar-refractivity contribution is 5.88. The van der Waals surface area contributed by atoms with E-state index in [1.165, 1.54) is 11.1 Å². The van der Waals surface area contributed by atoms with Crippen molar-refractivity contribution in [2.24, 2.45) is 0 Å². The molecule has 0 fully saturated rings. The molecule has 6 heteroatoms. The van der Waals surface area contributed by atoms with Crippen LogP contribution in [-0.2, 0) is 29.7 Å². The van der Waals surface area contributed by atoms with E-state index in [1.54, 1.807) is 6.07 Å². The Bertz CT molecular complexity index is 1330. The van der Waals surface area contributed by atoms with Crippen molar-refractivity contribution in [3.8, 4) is 5.75 Å². The Morgan fingerprint density at radius 3 is 2.41 bits per heavy atom. The number of fused-ring (bicyclic) bond motifs is 1. The van der Waals surface area contributed by atoms with Crippen molar-refractivity contribution < 1.29 is 24.5 Å². The summed E-state index contributed by atoms with van der Waals surface area (Å²) >= 11 is 0. The van der Waals surface area contributed by atoms with Crippen molar-refractivity contribution in [3.05, 3.63) is 100 Å². The lowest BCUT2D eigenvalue weighted by Crippen LogP contribution is -2.34. The number of carbonyl (C=O) groups is 2. The van der Waals surface area contributed by atoms with Gasteiger partial charge in [0, 0.05) is 19.0 Å². The minimum absolute atomic E-state index is 0.114. The third-order valence-corrected chi connectivity index (χ3v) is 8.05. The number of benzene rings is 3. The van der Waals surface area contributed by atoms with Crippen molar-refractivity contribution in [2.75, 3.05) is 13.1 Å². The molecule has 41 heavy (non-hydrogen) atoms. The first-order valence-electron chi connectivity index (χ1n) is 14.7. The zero-order valence-electron chi connectivity index (χ0n) is 24.6. The molecule has 4 rings (SSSR count). The molecule has 0 bridgehead atoms. The van der Waals surface area contributed by atoms with Crippen LogP contribution in [0.3, 0.4) is 0 Å². The third-order valence-electron chi connectivity index (χ3n) is 8.05. The average Bonchev–Trinajstić information content (AvgIpc) is 2.95. The Labute approximate surface area is 244 Å². The van der Waals surface area contributed by atoms with Crippen LogP contribution in [0.5, 0.6) is 5.75 Å². The standard InChI is InChI=1S/C35H43NO5/c1-35(2,3)29-17-14-25(15-18-29)24-41-32-12-5-4-9-26(32)20-22-36(21-7-6-13-33(37)38)31-11-8-10-27-23-28(34(39)40)16-19-30(27)31/h4-5,9,12,14-19,23,31H,6-8,10-11,13,20-22,24H2,1-3H3,(H,37,38)(H,39,40). The molecule has 0 radical (unpaired) electrons. The van der Waals surface area contributed by atoms with Crippen LogP contribution in [-0.4, -0.2) is 40.1 Å². The number of carboxylic acids is 2. The van der Waals surface area contributed by atoms with Gasteiger partial charge in [-0.3, -0.25) is 9.69 Å². The summed E-state index contributed by atoms with van der Waals surface area (Å²) < 4.78 is 6.30. The molecule has 0 saturated carbocycles. The second kappa shape index (κ2) is 13.8. The Balaban J connectivity index is 1.47. The zero-order chi connectivity index (χ0) is 29.4. The quantitative estimate of drug-likeness (QED) is 0.212. The summed E-state index contributed by atoms with van der Waals surface area (Å²) in [6.07, 6.45) is 5.29. The second-order valence-electron chi connectivity index (χ2n) is 12.1. The van der Waals surface area contributed by atoms with Gasteiger partial charge in [0.15, 0.2) is 0 Å². The number of aromatic carboxylic acids is 1. The largest absolute Gasteiger partial charge is 0.489 e. The molecule has 0 aromatic heterocycles. The predicted molar refractivity (Wildman–Crippen MR) is 162 cm³/mol. The van der Waals surface area contributed by atoms with E-state index in [-0.39, 0.29) is 17.9 Å². The Morgan fingerprint density at radius 1 is 0.951 bits per heavy atom. The molecule has 1 atom stereocenters. The summed E-state index contributed by atoms with van der Waals surface area (Å²) in [5.41, 5.74) is 6.33. The van der Waals surface area contributed by atoms with Gasteiger partial charge in [-0.1, -0.05) is 69.3 Å². The monoisotopic (exact) mass is 557 g/mol. The number of hydrogen-bond donors (Lipinski definition) is 2. The van der Waals surface area contributed by atoms with E-state index < -0.39 is 11.9 Å². The van der Waals surface area contributed by atoms with Gasteiger partial charge in [0.1, 0.15) is 12.4 Å². The second-order valence-corrected chi connectivity index (χ2v) is 12.1. The van der Waals surface area contributed by atoms with Crippen LogP contribution in [0, 0.1) is 0 Å². The maximum Gasteiger partial charge on any atom is 0.335 e. The molecule has 0 aliphatic heterocycles. The maximum atomic E-state index is 11.6. The first kappa shape index (κ1) is 30.3. The van der Waals surface area contributed by atoms with Gasteiger partial charge in [-0.05, 0) is 96.5 Å². The lowest BCUT2D eigenvalue weighted by Gasteiger charge is -2.36. The number of rotatable bonds is 13. The van der Waals surface area contributed by atoms with Crippen LogP contribution in [0.1, 0.15) is 97.1 Å². The van der Waals surface area contributed by atoms with Crippen LogP contribution < -0.4 is 4.74 Å². The minimum Gasteiger partial charge on any atom is -0.489 e. The number of aliphatic carboxylic acids is 1. The van der Waals surface area contributed by atoms with Crippen LogP contribution in [0.25, 0.3) is 0 Å². The van der Waals surface area contributed by atoms with E-state index in [4.69, 9.17) is 9.84 Å². The fourth-order valence-electron chi connectivity index (χ4n) is 5.69. The topological polar surface area (TPSA) is 87.1 Å². The Morgan fingerprint density at radius 2 is 1.71 bits per heavy atom. The number of para-hydroxylation sites is 1. The molecule has 0 saturated heterocycles. The fraction of sp³-hybridized carbons (Fsp3) is 0.429. The van der Waals surface area contributed by atoms with Crippen molar-refractivity contribution >= 4 is 11.9 Å². The van der Waals surface area contributed by atoms with Crippen LogP contribution in [0.15, 0.2) is 66.7 Å². The molecule has 3 aromatic carbocycles. The molecule has 0 spiro atoms. The molecule has 2 N–H and O–H groups in total. The molecule has 6 nitrogen and oxygen atoms in total. The van der Waals surface area contributed by atoms with Crippen LogP contribution in [0.2, 0.25) is 0 Å². The third kappa shape index (κ3) is 8.43. The SMILES string of the molecule is CC(C)(C)c1ccc(COc2ccccc2CCN(CCCCC(=O)O)C2CCCc3cc(C(=O)O)ccc32)cc1. The van der Waals surface area contributed by atoms with E-state index in [0.717, 1.165) is 67.6 Å². The molecule has 0 amide bonds. The number of ether oxygens (including phenoxy) is 1. The highest BCUT2D eigenvalue weighted by Crippen LogP contribution is 2.36. The smallest absolute Gasteiger partial charge is 0.335 e. The average molecular weight is 558 g/mol.